The molecule has 1 atom stereocenters. The van der Waals surface area contributed by atoms with Crippen molar-refractivity contribution in [1.29, 1.82) is 0 Å². The molecule has 1 aromatic carbocycles. The van der Waals surface area contributed by atoms with E-state index < -0.39 is 0 Å². The number of halogens is 1. The van der Waals surface area contributed by atoms with Gasteiger partial charge in [0.1, 0.15) is 6.17 Å². The Morgan fingerprint density at radius 2 is 2.06 bits per heavy atom. The summed E-state index contributed by atoms with van der Waals surface area (Å²) in [7, 11) is 0. The molecule has 1 unspecified atom stereocenters. The molecule has 18 heavy (non-hydrogen) atoms. The highest BCUT2D eigenvalue weighted by atomic mass is 35.5. The molecular formula is C12H15ClN4O. The van der Waals surface area contributed by atoms with Gasteiger partial charge in [-0.1, -0.05) is 11.6 Å². The molecule has 2 aliphatic rings. The van der Waals surface area contributed by atoms with Crippen molar-refractivity contribution >= 4 is 23.2 Å². The normalized spacial score (nSPS) is 24.1. The Balaban J connectivity index is 1.82. The summed E-state index contributed by atoms with van der Waals surface area (Å²) in [6.07, 6.45) is 1.63. The molecule has 0 aliphatic carbocycles. The minimum atomic E-state index is 0.0289. The molecule has 2 aliphatic heterocycles. The summed E-state index contributed by atoms with van der Waals surface area (Å²) in [5.41, 5.74) is 7.16. The lowest BCUT2D eigenvalue weighted by Gasteiger charge is -2.31. The molecule has 0 radical (unpaired) electrons. The lowest BCUT2D eigenvalue weighted by molar-refractivity contribution is -0.129. The Morgan fingerprint density at radius 1 is 1.28 bits per heavy atom. The topological polar surface area (TPSA) is 47.6 Å². The SMILES string of the molecule is O=C1CCCN1C1CNNN1c1ccc(Cl)cc1. The second-order valence-corrected chi connectivity index (χ2v) is 4.95. The van der Waals surface area contributed by atoms with Crippen molar-refractivity contribution in [3.8, 4) is 0 Å². The van der Waals surface area contributed by atoms with Gasteiger partial charge in [0.05, 0.1) is 12.2 Å². The zero-order chi connectivity index (χ0) is 12.5. The lowest BCUT2D eigenvalue weighted by Crippen LogP contribution is -2.49. The summed E-state index contributed by atoms with van der Waals surface area (Å²) >= 11 is 5.89. The van der Waals surface area contributed by atoms with Crippen LogP contribution in [0.4, 0.5) is 5.69 Å². The van der Waals surface area contributed by atoms with E-state index in [4.69, 9.17) is 11.6 Å². The monoisotopic (exact) mass is 266 g/mol. The summed E-state index contributed by atoms with van der Waals surface area (Å²) in [6, 6.07) is 7.57. The second kappa shape index (κ2) is 4.76. The summed E-state index contributed by atoms with van der Waals surface area (Å²) in [5.74, 6) is 0.226. The summed E-state index contributed by atoms with van der Waals surface area (Å²) in [5, 5.41) is 2.68. The number of carbonyl (C=O) groups excluding carboxylic acids is 1. The molecule has 0 bridgehead atoms. The minimum absolute atomic E-state index is 0.0289. The molecule has 0 spiro atoms. The van der Waals surface area contributed by atoms with E-state index in [1.807, 2.05) is 34.2 Å². The fourth-order valence-electron chi connectivity index (χ4n) is 2.46. The van der Waals surface area contributed by atoms with Crippen LogP contribution in [-0.4, -0.2) is 30.1 Å². The van der Waals surface area contributed by atoms with Gasteiger partial charge in [0, 0.05) is 18.0 Å². The molecule has 2 saturated heterocycles. The number of benzene rings is 1. The third kappa shape index (κ3) is 2.05. The standard InChI is InChI=1S/C12H15ClN4O/c13-9-3-5-10(6-4-9)17-11(8-14-15-17)16-7-1-2-12(16)18/h3-6,11,14-15H,1-2,7-8H2. The molecule has 2 fully saturated rings. The maximum absolute atomic E-state index is 11.8. The van der Waals surface area contributed by atoms with Crippen LogP contribution in [0.15, 0.2) is 24.3 Å². The Hall–Kier alpha value is -1.30. The molecule has 2 heterocycles. The Kier molecular flexibility index (Phi) is 3.11. The van der Waals surface area contributed by atoms with Gasteiger partial charge in [0.2, 0.25) is 5.91 Å². The Labute approximate surface area is 111 Å². The van der Waals surface area contributed by atoms with Crippen molar-refractivity contribution in [3.05, 3.63) is 29.3 Å². The molecular weight excluding hydrogens is 252 g/mol. The van der Waals surface area contributed by atoms with Crippen LogP contribution < -0.4 is 16.0 Å². The molecule has 3 rings (SSSR count). The highest BCUT2D eigenvalue weighted by Crippen LogP contribution is 2.23. The first-order valence-electron chi connectivity index (χ1n) is 6.08. The van der Waals surface area contributed by atoms with E-state index in [1.54, 1.807) is 0 Å². The van der Waals surface area contributed by atoms with Gasteiger partial charge in [-0.3, -0.25) is 9.80 Å². The van der Waals surface area contributed by atoms with Crippen molar-refractivity contribution in [1.82, 2.24) is 15.9 Å². The fourth-order valence-corrected chi connectivity index (χ4v) is 2.59. The predicted octanol–water partition coefficient (Wildman–Crippen LogP) is 1.12. The van der Waals surface area contributed by atoms with Crippen LogP contribution in [-0.2, 0) is 4.79 Å². The highest BCUT2D eigenvalue weighted by molar-refractivity contribution is 6.30. The van der Waals surface area contributed by atoms with Gasteiger partial charge in [-0.2, -0.15) is 5.53 Å². The van der Waals surface area contributed by atoms with Gasteiger partial charge in [0.15, 0.2) is 0 Å². The van der Waals surface area contributed by atoms with E-state index in [2.05, 4.69) is 11.0 Å². The number of nitrogens with zero attached hydrogens (tertiary/aromatic N) is 2. The second-order valence-electron chi connectivity index (χ2n) is 4.51. The van der Waals surface area contributed by atoms with Crippen LogP contribution in [0.25, 0.3) is 0 Å². The van der Waals surface area contributed by atoms with Gasteiger partial charge in [-0.25, -0.2) is 5.43 Å². The number of carbonyl (C=O) groups is 1. The number of anilines is 1. The Morgan fingerprint density at radius 3 is 2.72 bits per heavy atom. The average Bonchev–Trinajstić information content (AvgIpc) is 2.98. The first kappa shape index (κ1) is 11.8. The van der Waals surface area contributed by atoms with E-state index in [0.29, 0.717) is 18.0 Å². The largest absolute Gasteiger partial charge is 0.320 e. The summed E-state index contributed by atoms with van der Waals surface area (Å²) < 4.78 is 0. The van der Waals surface area contributed by atoms with Crippen molar-refractivity contribution in [2.45, 2.75) is 19.0 Å². The lowest BCUT2D eigenvalue weighted by atomic mass is 10.3. The van der Waals surface area contributed by atoms with E-state index in [9.17, 15) is 4.79 Å². The maximum atomic E-state index is 11.8. The molecule has 6 heteroatoms. The van der Waals surface area contributed by atoms with Gasteiger partial charge < -0.3 is 4.90 Å². The number of hydrogen-bond donors (Lipinski definition) is 2. The summed E-state index contributed by atoms with van der Waals surface area (Å²) in [4.78, 5) is 13.7. The zero-order valence-corrected chi connectivity index (χ0v) is 10.7. The molecule has 1 aromatic rings. The van der Waals surface area contributed by atoms with E-state index in [1.165, 1.54) is 0 Å². The van der Waals surface area contributed by atoms with Crippen molar-refractivity contribution in [2.24, 2.45) is 0 Å². The number of nitrogens with one attached hydrogen (secondary N) is 2. The first-order chi connectivity index (χ1) is 8.75. The number of hydrogen-bond acceptors (Lipinski definition) is 4. The molecule has 2 N–H and O–H groups in total. The third-order valence-electron chi connectivity index (χ3n) is 3.36. The van der Waals surface area contributed by atoms with Gasteiger partial charge in [-0.15, -0.1) is 0 Å². The van der Waals surface area contributed by atoms with Crippen LogP contribution >= 0.6 is 11.6 Å². The molecule has 5 nitrogen and oxygen atoms in total. The van der Waals surface area contributed by atoms with Crippen LogP contribution in [0.5, 0.6) is 0 Å². The summed E-state index contributed by atoms with van der Waals surface area (Å²) in [6.45, 7) is 1.55. The van der Waals surface area contributed by atoms with E-state index >= 15 is 0 Å². The average molecular weight is 267 g/mol. The van der Waals surface area contributed by atoms with Gasteiger partial charge in [0.25, 0.3) is 0 Å². The van der Waals surface area contributed by atoms with Crippen LogP contribution in [0.3, 0.4) is 0 Å². The number of likely N-dealkylation sites (tertiary alicyclic amines) is 1. The van der Waals surface area contributed by atoms with Crippen LogP contribution in [0, 0.1) is 0 Å². The molecule has 96 valence electrons. The maximum Gasteiger partial charge on any atom is 0.224 e. The van der Waals surface area contributed by atoms with Crippen molar-refractivity contribution in [2.75, 3.05) is 18.1 Å². The number of rotatable bonds is 2. The van der Waals surface area contributed by atoms with Crippen LogP contribution in [0.2, 0.25) is 5.02 Å². The smallest absolute Gasteiger partial charge is 0.224 e. The molecule has 1 amide bonds. The van der Waals surface area contributed by atoms with E-state index in [-0.39, 0.29) is 12.1 Å². The number of hydrazine groups is 2. The van der Waals surface area contributed by atoms with Crippen LogP contribution in [0.1, 0.15) is 12.8 Å². The molecule has 0 aromatic heterocycles. The number of amides is 1. The minimum Gasteiger partial charge on any atom is -0.320 e. The third-order valence-corrected chi connectivity index (χ3v) is 3.61. The molecule has 0 saturated carbocycles. The quantitative estimate of drug-likeness (QED) is 0.842. The predicted molar refractivity (Wildman–Crippen MR) is 69.8 cm³/mol. The highest BCUT2D eigenvalue weighted by Gasteiger charge is 2.35. The fraction of sp³-hybridized carbons (Fsp3) is 0.417. The van der Waals surface area contributed by atoms with Crippen molar-refractivity contribution < 1.29 is 4.79 Å². The van der Waals surface area contributed by atoms with Gasteiger partial charge in [-0.05, 0) is 30.7 Å². The zero-order valence-electron chi connectivity index (χ0n) is 9.90. The van der Waals surface area contributed by atoms with Crippen molar-refractivity contribution in [3.63, 3.8) is 0 Å². The first-order valence-corrected chi connectivity index (χ1v) is 6.46. The van der Waals surface area contributed by atoms with Gasteiger partial charge >= 0.3 is 0 Å². The van der Waals surface area contributed by atoms with E-state index in [0.717, 1.165) is 18.7 Å². The Bertz CT molecular complexity index is 450.